The first-order chi connectivity index (χ1) is 9.19. The Labute approximate surface area is 114 Å². The van der Waals surface area contributed by atoms with Gasteiger partial charge in [-0.1, -0.05) is 6.92 Å². The standard InChI is InChI=1S/C13H24N2O4/c1-2-14(7-9-16)8-11-19-10-3-6-15-12(17)4-5-13(15)18/h16H,2-11H2,1H3. The third-order valence-electron chi connectivity index (χ3n) is 3.24. The van der Waals surface area contributed by atoms with Gasteiger partial charge < -0.3 is 9.84 Å². The van der Waals surface area contributed by atoms with Gasteiger partial charge in [0.05, 0.1) is 13.2 Å². The molecule has 0 atom stereocenters. The van der Waals surface area contributed by atoms with Crippen LogP contribution in [0.5, 0.6) is 0 Å². The second-order valence-corrected chi connectivity index (χ2v) is 4.56. The number of aliphatic hydroxyl groups excluding tert-OH is 1. The van der Waals surface area contributed by atoms with Crippen molar-refractivity contribution in [3.05, 3.63) is 0 Å². The predicted octanol–water partition coefficient (Wildman–Crippen LogP) is -0.144. The number of amides is 2. The van der Waals surface area contributed by atoms with Crippen LogP contribution in [0.4, 0.5) is 0 Å². The van der Waals surface area contributed by atoms with Crippen LogP contribution in [0, 0.1) is 0 Å². The summed E-state index contributed by atoms with van der Waals surface area (Å²) in [5.41, 5.74) is 0. The fourth-order valence-electron chi connectivity index (χ4n) is 2.06. The normalized spacial score (nSPS) is 15.8. The summed E-state index contributed by atoms with van der Waals surface area (Å²) in [6.45, 7) is 6.17. The van der Waals surface area contributed by atoms with Crippen molar-refractivity contribution in [2.24, 2.45) is 0 Å². The van der Waals surface area contributed by atoms with Crippen LogP contribution in [0.25, 0.3) is 0 Å². The molecule has 1 aliphatic rings. The van der Waals surface area contributed by atoms with Crippen LogP contribution in [0.2, 0.25) is 0 Å². The molecule has 1 aliphatic heterocycles. The number of ether oxygens (including phenoxy) is 1. The predicted molar refractivity (Wildman–Crippen MR) is 70.6 cm³/mol. The number of nitrogens with zero attached hydrogens (tertiary/aromatic N) is 2. The molecule has 0 unspecified atom stereocenters. The summed E-state index contributed by atoms with van der Waals surface area (Å²) in [4.78, 5) is 26.1. The second kappa shape index (κ2) is 9.01. The quantitative estimate of drug-likeness (QED) is 0.443. The van der Waals surface area contributed by atoms with E-state index in [9.17, 15) is 9.59 Å². The Morgan fingerprint density at radius 1 is 1.21 bits per heavy atom. The van der Waals surface area contributed by atoms with Crippen LogP contribution in [-0.2, 0) is 14.3 Å². The second-order valence-electron chi connectivity index (χ2n) is 4.56. The van der Waals surface area contributed by atoms with E-state index in [1.54, 1.807) is 0 Å². The minimum Gasteiger partial charge on any atom is -0.395 e. The largest absolute Gasteiger partial charge is 0.395 e. The molecule has 0 aromatic carbocycles. The van der Waals surface area contributed by atoms with Gasteiger partial charge in [-0.3, -0.25) is 19.4 Å². The Morgan fingerprint density at radius 2 is 1.89 bits per heavy atom. The van der Waals surface area contributed by atoms with Crippen molar-refractivity contribution in [2.45, 2.75) is 26.2 Å². The van der Waals surface area contributed by atoms with Crippen LogP contribution >= 0.6 is 0 Å². The molecule has 0 saturated carbocycles. The molecule has 19 heavy (non-hydrogen) atoms. The third-order valence-corrected chi connectivity index (χ3v) is 3.24. The fraction of sp³-hybridized carbons (Fsp3) is 0.846. The Kier molecular flexibility index (Phi) is 7.62. The summed E-state index contributed by atoms with van der Waals surface area (Å²) in [5.74, 6) is -0.129. The first-order valence-corrected chi connectivity index (χ1v) is 6.93. The Morgan fingerprint density at radius 3 is 2.47 bits per heavy atom. The topological polar surface area (TPSA) is 70.1 Å². The number of imide groups is 1. The molecule has 2 amide bonds. The lowest BCUT2D eigenvalue weighted by Gasteiger charge is -2.19. The maximum atomic E-state index is 11.3. The van der Waals surface area contributed by atoms with Crippen LogP contribution in [-0.4, -0.2) is 72.7 Å². The zero-order chi connectivity index (χ0) is 14.1. The highest BCUT2D eigenvalue weighted by Crippen LogP contribution is 2.11. The number of likely N-dealkylation sites (N-methyl/N-ethyl adjacent to an activating group) is 1. The summed E-state index contributed by atoms with van der Waals surface area (Å²) in [5, 5.41) is 8.83. The number of rotatable bonds is 10. The summed E-state index contributed by atoms with van der Waals surface area (Å²) in [6.07, 6.45) is 1.39. The molecule has 6 heteroatoms. The van der Waals surface area contributed by atoms with E-state index >= 15 is 0 Å². The van der Waals surface area contributed by atoms with Crippen molar-refractivity contribution >= 4 is 11.8 Å². The van der Waals surface area contributed by atoms with Crippen LogP contribution in [0.1, 0.15) is 26.2 Å². The number of hydrogen-bond acceptors (Lipinski definition) is 5. The first kappa shape index (κ1) is 16.1. The van der Waals surface area contributed by atoms with Gasteiger partial charge in [0.2, 0.25) is 11.8 Å². The molecule has 0 bridgehead atoms. The van der Waals surface area contributed by atoms with E-state index in [1.165, 1.54) is 4.90 Å². The Balaban J connectivity index is 2.02. The highest BCUT2D eigenvalue weighted by molar-refractivity contribution is 6.01. The van der Waals surface area contributed by atoms with Gasteiger partial charge >= 0.3 is 0 Å². The van der Waals surface area contributed by atoms with E-state index in [0.29, 0.717) is 45.6 Å². The van der Waals surface area contributed by atoms with Gasteiger partial charge in [0.25, 0.3) is 0 Å². The lowest BCUT2D eigenvalue weighted by atomic mass is 10.4. The average molecular weight is 272 g/mol. The van der Waals surface area contributed by atoms with E-state index in [1.807, 2.05) is 6.92 Å². The molecule has 6 nitrogen and oxygen atoms in total. The molecule has 0 radical (unpaired) electrons. The zero-order valence-corrected chi connectivity index (χ0v) is 11.6. The SMILES string of the molecule is CCN(CCO)CCOCCCN1C(=O)CCC1=O. The number of aliphatic hydroxyl groups is 1. The van der Waals surface area contributed by atoms with E-state index < -0.39 is 0 Å². The summed E-state index contributed by atoms with van der Waals surface area (Å²) >= 11 is 0. The first-order valence-electron chi connectivity index (χ1n) is 6.93. The van der Waals surface area contributed by atoms with Crippen molar-refractivity contribution in [3.8, 4) is 0 Å². The number of hydrogen-bond donors (Lipinski definition) is 1. The molecule has 1 N–H and O–H groups in total. The van der Waals surface area contributed by atoms with Crippen LogP contribution < -0.4 is 0 Å². The van der Waals surface area contributed by atoms with Crippen LogP contribution in [0.3, 0.4) is 0 Å². The van der Waals surface area contributed by atoms with Gasteiger partial charge in [-0.25, -0.2) is 0 Å². The monoisotopic (exact) mass is 272 g/mol. The Bertz CT molecular complexity index is 280. The van der Waals surface area contributed by atoms with Gasteiger partial charge in [0.15, 0.2) is 0 Å². The molecular weight excluding hydrogens is 248 g/mol. The summed E-state index contributed by atoms with van der Waals surface area (Å²) < 4.78 is 5.47. The van der Waals surface area contributed by atoms with Crippen molar-refractivity contribution < 1.29 is 19.4 Å². The molecule has 1 heterocycles. The highest BCUT2D eigenvalue weighted by Gasteiger charge is 2.27. The number of likely N-dealkylation sites (tertiary alicyclic amines) is 1. The van der Waals surface area contributed by atoms with Crippen molar-refractivity contribution in [1.29, 1.82) is 0 Å². The third kappa shape index (κ3) is 5.67. The van der Waals surface area contributed by atoms with E-state index in [2.05, 4.69) is 4.90 Å². The van der Waals surface area contributed by atoms with Gasteiger partial charge in [-0.05, 0) is 13.0 Å². The lowest BCUT2D eigenvalue weighted by molar-refractivity contribution is -0.138. The molecule has 0 spiro atoms. The molecule has 110 valence electrons. The Hall–Kier alpha value is -0.980. The zero-order valence-electron chi connectivity index (χ0n) is 11.6. The van der Waals surface area contributed by atoms with Crippen molar-refractivity contribution in [3.63, 3.8) is 0 Å². The lowest BCUT2D eigenvalue weighted by Crippen LogP contribution is -2.31. The molecule has 1 fully saturated rings. The van der Waals surface area contributed by atoms with Crippen molar-refractivity contribution in [1.82, 2.24) is 9.80 Å². The minimum atomic E-state index is -0.0647. The minimum absolute atomic E-state index is 0.0647. The number of carbonyl (C=O) groups excluding carboxylic acids is 2. The van der Waals surface area contributed by atoms with E-state index in [4.69, 9.17) is 9.84 Å². The molecule has 0 aromatic heterocycles. The maximum Gasteiger partial charge on any atom is 0.229 e. The molecule has 0 aliphatic carbocycles. The number of carbonyl (C=O) groups is 2. The van der Waals surface area contributed by atoms with Gasteiger partial charge in [0.1, 0.15) is 0 Å². The smallest absolute Gasteiger partial charge is 0.229 e. The maximum absolute atomic E-state index is 11.3. The highest BCUT2D eigenvalue weighted by atomic mass is 16.5. The van der Waals surface area contributed by atoms with E-state index in [0.717, 1.165) is 13.1 Å². The average Bonchev–Trinajstić information content (AvgIpc) is 2.72. The summed E-state index contributed by atoms with van der Waals surface area (Å²) in [7, 11) is 0. The molecule has 1 rings (SSSR count). The summed E-state index contributed by atoms with van der Waals surface area (Å²) in [6, 6.07) is 0. The van der Waals surface area contributed by atoms with Crippen LogP contribution in [0.15, 0.2) is 0 Å². The van der Waals surface area contributed by atoms with E-state index in [-0.39, 0.29) is 18.4 Å². The molecule has 0 aromatic rings. The van der Waals surface area contributed by atoms with Crippen molar-refractivity contribution in [2.75, 3.05) is 46.0 Å². The van der Waals surface area contributed by atoms with Gasteiger partial charge in [-0.2, -0.15) is 0 Å². The fourth-order valence-corrected chi connectivity index (χ4v) is 2.06. The molecule has 1 saturated heterocycles. The van der Waals surface area contributed by atoms with Gasteiger partial charge in [0, 0.05) is 39.1 Å². The van der Waals surface area contributed by atoms with Gasteiger partial charge in [-0.15, -0.1) is 0 Å². The molecular formula is C13H24N2O4.